The predicted molar refractivity (Wildman–Crippen MR) is 144 cm³/mol. The highest BCUT2D eigenvalue weighted by Crippen LogP contribution is 2.28. The Morgan fingerprint density at radius 3 is 2.53 bits per heavy atom. The van der Waals surface area contributed by atoms with E-state index < -0.39 is 10.0 Å². The number of amides is 1. The van der Waals surface area contributed by atoms with E-state index in [4.69, 9.17) is 4.98 Å². The summed E-state index contributed by atoms with van der Waals surface area (Å²) in [7, 11) is -3.48. The molecule has 36 heavy (non-hydrogen) atoms. The van der Waals surface area contributed by atoms with Gasteiger partial charge in [0.05, 0.1) is 16.3 Å². The Balaban J connectivity index is 1.31. The monoisotopic (exact) mass is 506 g/mol. The molecule has 1 atom stereocenters. The number of piperidine rings is 2. The van der Waals surface area contributed by atoms with Gasteiger partial charge in [-0.3, -0.25) is 4.79 Å². The van der Waals surface area contributed by atoms with Crippen molar-refractivity contribution in [2.45, 2.75) is 50.8 Å². The van der Waals surface area contributed by atoms with Crippen LogP contribution in [-0.4, -0.2) is 49.8 Å². The van der Waals surface area contributed by atoms with Crippen LogP contribution in [0, 0.1) is 19.8 Å². The van der Waals surface area contributed by atoms with Crippen LogP contribution in [-0.2, 0) is 14.8 Å². The lowest BCUT2D eigenvalue weighted by Gasteiger charge is -2.33. The van der Waals surface area contributed by atoms with Gasteiger partial charge >= 0.3 is 0 Å². The van der Waals surface area contributed by atoms with Crippen LogP contribution in [0.2, 0.25) is 0 Å². The number of fused-ring (bicyclic) bond motifs is 1. The number of nitrogens with one attached hydrogen (secondary N) is 1. The molecule has 0 unspecified atom stereocenters. The molecule has 3 aromatic rings. The van der Waals surface area contributed by atoms with Crippen LogP contribution in [0.5, 0.6) is 0 Å². The molecule has 2 aliphatic heterocycles. The summed E-state index contributed by atoms with van der Waals surface area (Å²) in [6, 6.07) is 15.1. The molecule has 0 aliphatic carbocycles. The van der Waals surface area contributed by atoms with Crippen molar-refractivity contribution >= 4 is 38.3 Å². The SMILES string of the molecule is Cc1ccc(NC(=O)[C@@H]2CCCN(c3ccc4cc(S(=O)(=O)N5CCCCC5)ccc4n3)C2)c(C)c1. The smallest absolute Gasteiger partial charge is 0.243 e. The largest absolute Gasteiger partial charge is 0.356 e. The number of benzene rings is 2. The third-order valence-electron chi connectivity index (χ3n) is 7.35. The molecule has 2 fully saturated rings. The van der Waals surface area contributed by atoms with Crippen LogP contribution >= 0.6 is 0 Å². The molecule has 7 nitrogen and oxygen atoms in total. The number of anilines is 2. The number of hydrogen-bond acceptors (Lipinski definition) is 5. The van der Waals surface area contributed by atoms with Gasteiger partial charge in [0.15, 0.2) is 0 Å². The molecule has 1 amide bonds. The second-order valence-corrected chi connectivity index (χ2v) is 12.0. The first-order valence-corrected chi connectivity index (χ1v) is 14.3. The number of aryl methyl sites for hydroxylation is 2. The lowest BCUT2D eigenvalue weighted by molar-refractivity contribution is -0.120. The van der Waals surface area contributed by atoms with Gasteiger partial charge in [-0.1, -0.05) is 24.1 Å². The maximum atomic E-state index is 13.1. The maximum absolute atomic E-state index is 13.1. The van der Waals surface area contributed by atoms with Crippen LogP contribution in [0.1, 0.15) is 43.2 Å². The van der Waals surface area contributed by atoms with Crippen molar-refractivity contribution in [3.63, 3.8) is 0 Å². The Morgan fingerprint density at radius 2 is 1.75 bits per heavy atom. The van der Waals surface area contributed by atoms with Crippen molar-refractivity contribution in [1.29, 1.82) is 0 Å². The quantitative estimate of drug-likeness (QED) is 0.533. The van der Waals surface area contributed by atoms with Crippen LogP contribution in [0.4, 0.5) is 11.5 Å². The molecule has 3 heterocycles. The lowest BCUT2D eigenvalue weighted by Crippen LogP contribution is -2.41. The standard InChI is InChI=1S/C28H34N4O3S/c1-20-8-11-25(21(2)17-20)30-28(33)23-7-6-14-31(19-23)27-13-9-22-18-24(10-12-26(22)29-27)36(34,35)32-15-4-3-5-16-32/h8-13,17-18,23H,3-7,14-16,19H2,1-2H3,(H,30,33)/t23-/m1/s1. The number of nitrogens with zero attached hydrogens (tertiary/aromatic N) is 3. The average molecular weight is 507 g/mol. The second kappa shape index (κ2) is 10.2. The molecule has 2 aliphatic rings. The van der Waals surface area contributed by atoms with Gasteiger partial charge in [-0.05, 0) is 81.5 Å². The molecule has 2 aromatic carbocycles. The van der Waals surface area contributed by atoms with Gasteiger partial charge in [-0.15, -0.1) is 0 Å². The van der Waals surface area contributed by atoms with Gasteiger partial charge in [-0.2, -0.15) is 4.31 Å². The van der Waals surface area contributed by atoms with Crippen LogP contribution in [0.15, 0.2) is 53.4 Å². The van der Waals surface area contributed by atoms with Crippen molar-refractivity contribution in [3.8, 4) is 0 Å². The van der Waals surface area contributed by atoms with Gasteiger partial charge in [0.2, 0.25) is 15.9 Å². The van der Waals surface area contributed by atoms with E-state index in [1.165, 1.54) is 5.56 Å². The molecule has 8 heteroatoms. The van der Waals surface area contributed by atoms with Gasteiger partial charge < -0.3 is 10.2 Å². The van der Waals surface area contributed by atoms with E-state index in [1.54, 1.807) is 22.5 Å². The summed E-state index contributed by atoms with van der Waals surface area (Å²) in [6.45, 7) is 6.68. The molecule has 1 N–H and O–H groups in total. The number of sulfonamides is 1. The van der Waals surface area contributed by atoms with Crippen molar-refractivity contribution in [3.05, 3.63) is 59.7 Å². The zero-order chi connectivity index (χ0) is 25.3. The first kappa shape index (κ1) is 24.7. The highest BCUT2D eigenvalue weighted by Gasteiger charge is 2.28. The topological polar surface area (TPSA) is 82.6 Å². The summed E-state index contributed by atoms with van der Waals surface area (Å²) in [5.74, 6) is 0.743. The highest BCUT2D eigenvalue weighted by atomic mass is 32.2. The van der Waals surface area contributed by atoms with E-state index in [9.17, 15) is 13.2 Å². The second-order valence-electron chi connectivity index (χ2n) is 10.1. The molecule has 5 rings (SSSR count). The zero-order valence-corrected chi connectivity index (χ0v) is 21.9. The van der Waals surface area contributed by atoms with Gasteiger partial charge in [0, 0.05) is 37.3 Å². The van der Waals surface area contributed by atoms with Crippen molar-refractivity contribution in [2.24, 2.45) is 5.92 Å². The molecule has 0 bridgehead atoms. The summed E-state index contributed by atoms with van der Waals surface area (Å²) in [5, 5.41) is 3.91. The summed E-state index contributed by atoms with van der Waals surface area (Å²) in [5.41, 5.74) is 3.86. The van der Waals surface area contributed by atoms with E-state index in [0.717, 1.165) is 66.6 Å². The Hall–Kier alpha value is -2.97. The minimum Gasteiger partial charge on any atom is -0.356 e. The molecule has 0 radical (unpaired) electrons. The summed E-state index contributed by atoms with van der Waals surface area (Å²) >= 11 is 0. The number of pyridine rings is 1. The fourth-order valence-electron chi connectivity index (χ4n) is 5.27. The molecule has 0 spiro atoms. The lowest BCUT2D eigenvalue weighted by atomic mass is 9.96. The first-order valence-electron chi connectivity index (χ1n) is 12.9. The van der Waals surface area contributed by atoms with Gasteiger partial charge in [0.25, 0.3) is 0 Å². The van der Waals surface area contributed by atoms with Crippen LogP contribution in [0.25, 0.3) is 10.9 Å². The number of hydrogen-bond donors (Lipinski definition) is 1. The summed E-state index contributed by atoms with van der Waals surface area (Å²) < 4.78 is 27.7. The van der Waals surface area contributed by atoms with E-state index in [0.29, 0.717) is 24.5 Å². The summed E-state index contributed by atoms with van der Waals surface area (Å²) in [4.78, 5) is 20.3. The van der Waals surface area contributed by atoms with Gasteiger partial charge in [-0.25, -0.2) is 13.4 Å². The fourth-order valence-corrected chi connectivity index (χ4v) is 6.82. The third kappa shape index (κ3) is 5.11. The van der Waals surface area contributed by atoms with Crippen LogP contribution < -0.4 is 10.2 Å². The van der Waals surface area contributed by atoms with E-state index >= 15 is 0 Å². The normalized spacial score (nSPS) is 19.4. The van der Waals surface area contributed by atoms with E-state index in [1.807, 2.05) is 38.1 Å². The average Bonchev–Trinajstić information content (AvgIpc) is 2.90. The first-order chi connectivity index (χ1) is 17.3. The van der Waals surface area contributed by atoms with Crippen molar-refractivity contribution in [1.82, 2.24) is 9.29 Å². The number of rotatable bonds is 5. The summed E-state index contributed by atoms with van der Waals surface area (Å²) in [6.07, 6.45) is 4.67. The molecule has 2 saturated heterocycles. The minimum absolute atomic E-state index is 0.0417. The van der Waals surface area contributed by atoms with E-state index in [-0.39, 0.29) is 11.8 Å². The molecule has 190 valence electrons. The Kier molecular flexibility index (Phi) is 6.99. The molecular weight excluding hydrogens is 472 g/mol. The predicted octanol–water partition coefficient (Wildman–Crippen LogP) is 4.88. The zero-order valence-electron chi connectivity index (χ0n) is 21.0. The minimum atomic E-state index is -3.48. The third-order valence-corrected chi connectivity index (χ3v) is 9.25. The molecular formula is C28H34N4O3S. The van der Waals surface area contributed by atoms with Gasteiger partial charge in [0.1, 0.15) is 5.82 Å². The highest BCUT2D eigenvalue weighted by molar-refractivity contribution is 7.89. The fraction of sp³-hybridized carbons (Fsp3) is 0.429. The molecule has 1 aromatic heterocycles. The number of carbonyl (C=O) groups excluding carboxylic acids is 1. The van der Waals surface area contributed by atoms with Crippen LogP contribution in [0.3, 0.4) is 0 Å². The number of aromatic nitrogens is 1. The van der Waals surface area contributed by atoms with Crippen molar-refractivity contribution in [2.75, 3.05) is 36.4 Å². The number of carbonyl (C=O) groups is 1. The molecule has 0 saturated carbocycles. The Bertz CT molecular complexity index is 1380. The Labute approximate surface area is 213 Å². The maximum Gasteiger partial charge on any atom is 0.243 e. The van der Waals surface area contributed by atoms with Crippen molar-refractivity contribution < 1.29 is 13.2 Å². The Morgan fingerprint density at radius 1 is 0.944 bits per heavy atom. The van der Waals surface area contributed by atoms with E-state index in [2.05, 4.69) is 16.3 Å².